The molecule has 1 heterocycles. The topological polar surface area (TPSA) is 33.5 Å². The fourth-order valence-corrected chi connectivity index (χ4v) is 3.08. The predicted molar refractivity (Wildman–Crippen MR) is 94.2 cm³/mol. The number of carbonyl (C=O) groups excluding carboxylic acids is 1. The van der Waals surface area contributed by atoms with Crippen molar-refractivity contribution in [3.63, 3.8) is 0 Å². The number of halogens is 2. The quantitative estimate of drug-likeness (QED) is 0.879. The van der Waals surface area contributed by atoms with E-state index < -0.39 is 11.6 Å². The van der Waals surface area contributed by atoms with E-state index in [-0.39, 0.29) is 17.6 Å². The normalized spacial score (nSPS) is 18.4. The van der Waals surface area contributed by atoms with Gasteiger partial charge in [0.1, 0.15) is 11.6 Å². The zero-order valence-electron chi connectivity index (χ0n) is 14.1. The van der Waals surface area contributed by atoms with Gasteiger partial charge in [0, 0.05) is 12.5 Å². The summed E-state index contributed by atoms with van der Waals surface area (Å²) in [6, 6.07) is 12.9. The highest BCUT2D eigenvalue weighted by atomic mass is 19.1. The van der Waals surface area contributed by atoms with Crippen LogP contribution >= 0.6 is 0 Å². The third kappa shape index (κ3) is 4.12. The van der Waals surface area contributed by atoms with Gasteiger partial charge in [0.15, 0.2) is 6.04 Å². The number of benzene rings is 2. The largest absolute Gasteiger partial charge is 0.321 e. The maximum Gasteiger partial charge on any atom is 0.282 e. The molecule has 0 spiro atoms. The summed E-state index contributed by atoms with van der Waals surface area (Å²) in [6.07, 6.45) is 3.03. The lowest BCUT2D eigenvalue weighted by molar-refractivity contribution is -0.909. The first kappa shape index (κ1) is 17.3. The zero-order valence-corrected chi connectivity index (χ0v) is 14.1. The van der Waals surface area contributed by atoms with E-state index in [0.717, 1.165) is 42.6 Å². The van der Waals surface area contributed by atoms with Crippen molar-refractivity contribution >= 4 is 17.2 Å². The average molecular weight is 343 g/mol. The Hall–Kier alpha value is -2.53. The molecular weight excluding hydrogens is 322 g/mol. The van der Waals surface area contributed by atoms with Crippen molar-refractivity contribution in [1.82, 2.24) is 0 Å². The Morgan fingerprint density at radius 2 is 1.92 bits per heavy atom. The molecule has 1 amide bonds. The number of quaternary nitrogens is 1. The van der Waals surface area contributed by atoms with Crippen LogP contribution in [0, 0.1) is 11.6 Å². The number of rotatable bonds is 4. The fraction of sp³-hybridized carbons (Fsp3) is 0.250. The summed E-state index contributed by atoms with van der Waals surface area (Å²) in [7, 11) is 0. The molecule has 1 aliphatic rings. The summed E-state index contributed by atoms with van der Waals surface area (Å²) in [5.74, 6) is -1.52. The van der Waals surface area contributed by atoms with Crippen LogP contribution in [-0.4, -0.2) is 25.0 Å². The molecule has 2 aromatic rings. The van der Waals surface area contributed by atoms with Crippen molar-refractivity contribution in [3.05, 3.63) is 71.8 Å². The molecule has 0 radical (unpaired) electrons. The summed E-state index contributed by atoms with van der Waals surface area (Å²) in [6.45, 7) is 3.36. The van der Waals surface area contributed by atoms with Crippen molar-refractivity contribution in [2.24, 2.45) is 0 Å². The first-order chi connectivity index (χ1) is 12.0. The van der Waals surface area contributed by atoms with Crippen LogP contribution in [0.5, 0.6) is 0 Å². The monoisotopic (exact) mass is 343 g/mol. The molecule has 2 aromatic carbocycles. The molecule has 1 aliphatic heterocycles. The van der Waals surface area contributed by atoms with E-state index in [1.54, 1.807) is 0 Å². The standard InChI is InChI=1S/C20H20F2N2O/c1-14(20(25)23-19-13-17(21)7-8-18(19)22)24-11-9-16(10-12-24)15-5-3-2-4-6-15/h2-9,13-14H,10-12H2,1H3,(H,23,25)/p+1/t14-/m0/s1. The first-order valence-corrected chi connectivity index (χ1v) is 8.39. The highest BCUT2D eigenvalue weighted by Crippen LogP contribution is 2.18. The number of hydrogen-bond acceptors (Lipinski definition) is 1. The maximum absolute atomic E-state index is 13.7. The van der Waals surface area contributed by atoms with Crippen molar-refractivity contribution in [1.29, 1.82) is 0 Å². The molecular formula is C20H21F2N2O+. The summed E-state index contributed by atoms with van der Waals surface area (Å²) in [5.41, 5.74) is 2.38. The molecule has 0 bridgehead atoms. The van der Waals surface area contributed by atoms with Crippen LogP contribution in [-0.2, 0) is 4.79 Å². The number of hydrogen-bond donors (Lipinski definition) is 2. The lowest BCUT2D eigenvalue weighted by atomic mass is 9.99. The second-order valence-electron chi connectivity index (χ2n) is 6.29. The van der Waals surface area contributed by atoms with Crippen LogP contribution < -0.4 is 10.2 Å². The van der Waals surface area contributed by atoms with Crippen LogP contribution in [0.25, 0.3) is 5.57 Å². The Balaban J connectivity index is 1.64. The summed E-state index contributed by atoms with van der Waals surface area (Å²) in [4.78, 5) is 13.5. The molecule has 2 atom stereocenters. The summed E-state index contributed by atoms with van der Waals surface area (Å²) < 4.78 is 26.9. The van der Waals surface area contributed by atoms with Gasteiger partial charge in [-0.05, 0) is 36.3 Å². The van der Waals surface area contributed by atoms with Gasteiger partial charge < -0.3 is 10.2 Å². The molecule has 0 aliphatic carbocycles. The maximum atomic E-state index is 13.7. The highest BCUT2D eigenvalue weighted by molar-refractivity contribution is 5.93. The van der Waals surface area contributed by atoms with Crippen LogP contribution in [0.15, 0.2) is 54.6 Å². The van der Waals surface area contributed by atoms with Crippen LogP contribution in [0.4, 0.5) is 14.5 Å². The Morgan fingerprint density at radius 3 is 2.60 bits per heavy atom. The van der Waals surface area contributed by atoms with Crippen molar-refractivity contribution < 1.29 is 18.5 Å². The van der Waals surface area contributed by atoms with Gasteiger partial charge in [0.25, 0.3) is 5.91 Å². The van der Waals surface area contributed by atoms with Gasteiger partial charge in [-0.25, -0.2) is 8.78 Å². The van der Waals surface area contributed by atoms with Gasteiger partial charge in [-0.15, -0.1) is 0 Å². The Bertz CT molecular complexity index is 790. The summed E-state index contributed by atoms with van der Waals surface area (Å²) in [5, 5.41) is 2.50. The van der Waals surface area contributed by atoms with Crippen molar-refractivity contribution in [2.75, 3.05) is 18.4 Å². The van der Waals surface area contributed by atoms with Crippen LogP contribution in [0.3, 0.4) is 0 Å². The molecule has 3 rings (SSSR count). The molecule has 25 heavy (non-hydrogen) atoms. The van der Waals surface area contributed by atoms with E-state index >= 15 is 0 Å². The van der Waals surface area contributed by atoms with Crippen LogP contribution in [0.2, 0.25) is 0 Å². The molecule has 0 saturated heterocycles. The Labute approximate surface area is 146 Å². The second kappa shape index (κ2) is 7.57. The zero-order chi connectivity index (χ0) is 17.8. The third-order valence-corrected chi connectivity index (χ3v) is 4.66. The minimum Gasteiger partial charge on any atom is -0.321 e. The summed E-state index contributed by atoms with van der Waals surface area (Å²) >= 11 is 0. The smallest absolute Gasteiger partial charge is 0.282 e. The van der Waals surface area contributed by atoms with Gasteiger partial charge in [-0.3, -0.25) is 4.79 Å². The number of anilines is 1. The van der Waals surface area contributed by atoms with Gasteiger partial charge in [-0.1, -0.05) is 30.3 Å². The van der Waals surface area contributed by atoms with Crippen molar-refractivity contribution in [2.45, 2.75) is 19.4 Å². The minimum atomic E-state index is -0.637. The average Bonchev–Trinajstić information content (AvgIpc) is 2.65. The van der Waals surface area contributed by atoms with Gasteiger partial charge >= 0.3 is 0 Å². The highest BCUT2D eigenvalue weighted by Gasteiger charge is 2.27. The molecule has 0 saturated carbocycles. The number of amides is 1. The van der Waals surface area contributed by atoms with Crippen LogP contribution in [0.1, 0.15) is 18.9 Å². The predicted octanol–water partition coefficient (Wildman–Crippen LogP) is 2.66. The molecule has 3 nitrogen and oxygen atoms in total. The van der Waals surface area contributed by atoms with E-state index in [2.05, 4.69) is 23.5 Å². The van der Waals surface area contributed by atoms with E-state index in [4.69, 9.17) is 0 Å². The second-order valence-corrected chi connectivity index (χ2v) is 6.29. The number of nitrogens with one attached hydrogen (secondary N) is 2. The lowest BCUT2D eigenvalue weighted by Crippen LogP contribution is -3.17. The molecule has 1 unspecified atom stereocenters. The van der Waals surface area contributed by atoms with Gasteiger partial charge in [-0.2, -0.15) is 0 Å². The SMILES string of the molecule is C[C@@H](C(=O)Nc1cc(F)ccc1F)[NH+]1CC=C(c2ccccc2)CC1. The molecule has 0 fully saturated rings. The number of carbonyl (C=O) groups is 1. The Morgan fingerprint density at radius 1 is 1.16 bits per heavy atom. The molecule has 0 aromatic heterocycles. The fourth-order valence-electron chi connectivity index (χ4n) is 3.08. The van der Waals surface area contributed by atoms with E-state index in [9.17, 15) is 13.6 Å². The molecule has 2 N–H and O–H groups in total. The molecule has 130 valence electrons. The van der Waals surface area contributed by atoms with E-state index in [0.29, 0.717) is 0 Å². The van der Waals surface area contributed by atoms with E-state index in [1.165, 1.54) is 11.1 Å². The lowest BCUT2D eigenvalue weighted by Gasteiger charge is -2.28. The first-order valence-electron chi connectivity index (χ1n) is 8.39. The molecule has 5 heteroatoms. The van der Waals surface area contributed by atoms with Gasteiger partial charge in [0.05, 0.1) is 18.8 Å². The third-order valence-electron chi connectivity index (χ3n) is 4.66. The van der Waals surface area contributed by atoms with E-state index in [1.807, 2.05) is 25.1 Å². The van der Waals surface area contributed by atoms with Gasteiger partial charge in [0.2, 0.25) is 0 Å². The van der Waals surface area contributed by atoms with Crippen molar-refractivity contribution in [3.8, 4) is 0 Å². The Kier molecular flexibility index (Phi) is 5.24. The minimum absolute atomic E-state index is 0.117.